The van der Waals surface area contributed by atoms with Crippen LogP contribution in [0.1, 0.15) is 36.0 Å². The first-order valence-electron chi connectivity index (χ1n) is 10.6. The van der Waals surface area contributed by atoms with Crippen molar-refractivity contribution in [3.63, 3.8) is 0 Å². The fourth-order valence-corrected chi connectivity index (χ4v) is 4.52. The van der Waals surface area contributed by atoms with Gasteiger partial charge in [0.15, 0.2) is 0 Å². The SMILES string of the molecule is O=C(NCc1c2c(cc3c1OCC3)OCC2)Nc1ccc(N2CCCCC2)cc1. The molecule has 1 fully saturated rings. The molecule has 6 nitrogen and oxygen atoms in total. The number of carbonyl (C=O) groups excluding carboxylic acids is 1. The molecule has 0 aromatic heterocycles. The van der Waals surface area contributed by atoms with Crippen LogP contribution in [-0.4, -0.2) is 32.3 Å². The molecule has 3 aliphatic rings. The van der Waals surface area contributed by atoms with Crippen LogP contribution in [0.25, 0.3) is 0 Å². The number of urea groups is 1. The number of amides is 2. The van der Waals surface area contributed by atoms with Gasteiger partial charge >= 0.3 is 6.03 Å². The Hall–Kier alpha value is -2.89. The average Bonchev–Trinajstić information content (AvgIpc) is 3.41. The van der Waals surface area contributed by atoms with E-state index in [1.165, 1.54) is 30.5 Å². The van der Waals surface area contributed by atoms with Crippen molar-refractivity contribution < 1.29 is 14.3 Å². The van der Waals surface area contributed by atoms with Crippen molar-refractivity contribution in [2.24, 2.45) is 0 Å². The number of piperidine rings is 1. The molecular weight excluding hydrogens is 366 g/mol. The van der Waals surface area contributed by atoms with E-state index >= 15 is 0 Å². The number of hydrogen-bond acceptors (Lipinski definition) is 4. The Labute approximate surface area is 171 Å². The Morgan fingerprint density at radius 3 is 2.62 bits per heavy atom. The monoisotopic (exact) mass is 393 g/mol. The molecule has 2 amide bonds. The molecule has 0 unspecified atom stereocenters. The van der Waals surface area contributed by atoms with Gasteiger partial charge in [0.2, 0.25) is 0 Å². The van der Waals surface area contributed by atoms with E-state index in [2.05, 4.69) is 33.7 Å². The Bertz CT molecular complexity index is 872. The van der Waals surface area contributed by atoms with E-state index < -0.39 is 0 Å². The summed E-state index contributed by atoms with van der Waals surface area (Å²) in [6.45, 7) is 4.06. The molecule has 0 radical (unpaired) electrons. The van der Waals surface area contributed by atoms with E-state index in [-0.39, 0.29) is 6.03 Å². The van der Waals surface area contributed by atoms with Crippen LogP contribution in [0.2, 0.25) is 0 Å². The largest absolute Gasteiger partial charge is 0.493 e. The number of anilines is 2. The van der Waals surface area contributed by atoms with E-state index in [9.17, 15) is 4.79 Å². The first-order valence-corrected chi connectivity index (χ1v) is 10.6. The normalized spacial score (nSPS) is 17.2. The average molecular weight is 393 g/mol. The lowest BCUT2D eigenvalue weighted by Gasteiger charge is -2.28. The Morgan fingerprint density at radius 2 is 1.79 bits per heavy atom. The van der Waals surface area contributed by atoms with Gasteiger partial charge in [0.05, 0.1) is 13.2 Å². The van der Waals surface area contributed by atoms with E-state index in [1.54, 1.807) is 0 Å². The summed E-state index contributed by atoms with van der Waals surface area (Å²) in [4.78, 5) is 14.9. The van der Waals surface area contributed by atoms with Gasteiger partial charge in [-0.15, -0.1) is 0 Å². The van der Waals surface area contributed by atoms with Crippen LogP contribution < -0.4 is 25.0 Å². The van der Waals surface area contributed by atoms with E-state index in [0.717, 1.165) is 54.2 Å². The molecule has 1 saturated heterocycles. The highest BCUT2D eigenvalue weighted by Gasteiger charge is 2.26. The minimum atomic E-state index is -0.209. The maximum atomic E-state index is 12.5. The highest BCUT2D eigenvalue weighted by Crippen LogP contribution is 2.40. The number of benzene rings is 2. The predicted octanol–water partition coefficient (Wildman–Crippen LogP) is 3.87. The second-order valence-electron chi connectivity index (χ2n) is 7.92. The van der Waals surface area contributed by atoms with Gasteiger partial charge in [0, 0.05) is 60.5 Å². The fourth-order valence-electron chi connectivity index (χ4n) is 4.52. The summed E-state index contributed by atoms with van der Waals surface area (Å²) in [6, 6.07) is 10.0. The second kappa shape index (κ2) is 7.85. The van der Waals surface area contributed by atoms with Gasteiger partial charge in [-0.3, -0.25) is 0 Å². The fraction of sp³-hybridized carbons (Fsp3) is 0.435. The van der Waals surface area contributed by atoms with Gasteiger partial charge in [-0.05, 0) is 49.6 Å². The first kappa shape index (κ1) is 18.2. The third kappa shape index (κ3) is 3.71. The number of fused-ring (bicyclic) bond motifs is 2. The Morgan fingerprint density at radius 1 is 1.00 bits per heavy atom. The molecule has 2 aromatic carbocycles. The maximum Gasteiger partial charge on any atom is 0.319 e. The lowest BCUT2D eigenvalue weighted by atomic mass is 9.99. The first-order chi connectivity index (χ1) is 14.3. The molecule has 2 N–H and O–H groups in total. The van der Waals surface area contributed by atoms with Crippen molar-refractivity contribution in [2.75, 3.05) is 36.5 Å². The smallest absolute Gasteiger partial charge is 0.319 e. The summed E-state index contributed by atoms with van der Waals surface area (Å²) in [5, 5.41) is 5.93. The molecule has 29 heavy (non-hydrogen) atoms. The highest BCUT2D eigenvalue weighted by atomic mass is 16.5. The topological polar surface area (TPSA) is 62.8 Å². The van der Waals surface area contributed by atoms with E-state index in [1.807, 2.05) is 12.1 Å². The summed E-state index contributed by atoms with van der Waals surface area (Å²) in [5.74, 6) is 1.88. The molecule has 3 aliphatic heterocycles. The zero-order chi connectivity index (χ0) is 19.6. The van der Waals surface area contributed by atoms with Crippen LogP contribution in [0.5, 0.6) is 11.5 Å². The number of nitrogens with one attached hydrogen (secondary N) is 2. The van der Waals surface area contributed by atoms with Gasteiger partial charge in [0.25, 0.3) is 0 Å². The van der Waals surface area contributed by atoms with Gasteiger partial charge in [-0.2, -0.15) is 0 Å². The molecule has 3 heterocycles. The van der Waals surface area contributed by atoms with Crippen molar-refractivity contribution >= 4 is 17.4 Å². The molecule has 0 atom stereocenters. The van der Waals surface area contributed by atoms with Crippen LogP contribution >= 0.6 is 0 Å². The van der Waals surface area contributed by atoms with E-state index in [0.29, 0.717) is 19.8 Å². The molecular formula is C23H27N3O3. The number of carbonyl (C=O) groups is 1. The third-order valence-electron chi connectivity index (χ3n) is 6.03. The second-order valence-corrected chi connectivity index (χ2v) is 7.92. The Kier molecular flexibility index (Phi) is 4.92. The predicted molar refractivity (Wildman–Crippen MR) is 113 cm³/mol. The summed E-state index contributed by atoms with van der Waals surface area (Å²) in [5.41, 5.74) is 5.42. The lowest BCUT2D eigenvalue weighted by Crippen LogP contribution is -2.30. The van der Waals surface area contributed by atoms with Crippen LogP contribution in [0, 0.1) is 0 Å². The van der Waals surface area contributed by atoms with Gasteiger partial charge in [-0.25, -0.2) is 4.79 Å². The molecule has 6 heteroatoms. The lowest BCUT2D eigenvalue weighted by molar-refractivity contribution is 0.251. The molecule has 0 spiro atoms. The number of nitrogens with zero attached hydrogens (tertiary/aromatic N) is 1. The minimum absolute atomic E-state index is 0.209. The summed E-state index contributed by atoms with van der Waals surface area (Å²) >= 11 is 0. The van der Waals surface area contributed by atoms with Crippen LogP contribution in [-0.2, 0) is 19.4 Å². The van der Waals surface area contributed by atoms with Gasteiger partial charge < -0.3 is 25.0 Å². The number of hydrogen-bond donors (Lipinski definition) is 2. The Balaban J connectivity index is 1.22. The molecule has 152 valence electrons. The van der Waals surface area contributed by atoms with Gasteiger partial charge in [0.1, 0.15) is 11.5 Å². The van der Waals surface area contributed by atoms with Crippen molar-refractivity contribution in [1.82, 2.24) is 5.32 Å². The summed E-state index contributed by atoms with van der Waals surface area (Å²) in [6.07, 6.45) is 5.59. The summed E-state index contributed by atoms with van der Waals surface area (Å²) in [7, 11) is 0. The molecule has 0 bridgehead atoms. The zero-order valence-electron chi connectivity index (χ0n) is 16.6. The standard InChI is InChI=1S/C23H27N3O3/c27-23(25-17-4-6-18(7-5-17)26-10-2-1-3-11-26)24-15-20-19-9-13-28-21(19)14-16-8-12-29-22(16)20/h4-7,14H,1-3,8-13,15H2,(H2,24,25,27). The van der Waals surface area contributed by atoms with Gasteiger partial charge in [-0.1, -0.05) is 0 Å². The molecule has 5 rings (SSSR count). The highest BCUT2D eigenvalue weighted by molar-refractivity contribution is 5.89. The maximum absolute atomic E-state index is 12.5. The van der Waals surface area contributed by atoms with Crippen LogP contribution in [0.3, 0.4) is 0 Å². The van der Waals surface area contributed by atoms with Crippen molar-refractivity contribution in [3.8, 4) is 11.5 Å². The quantitative estimate of drug-likeness (QED) is 0.828. The van der Waals surface area contributed by atoms with Crippen molar-refractivity contribution in [1.29, 1.82) is 0 Å². The minimum Gasteiger partial charge on any atom is -0.493 e. The third-order valence-corrected chi connectivity index (χ3v) is 6.03. The molecule has 2 aromatic rings. The summed E-state index contributed by atoms with van der Waals surface area (Å²) < 4.78 is 11.6. The van der Waals surface area contributed by atoms with Crippen LogP contribution in [0.4, 0.5) is 16.2 Å². The zero-order valence-corrected chi connectivity index (χ0v) is 16.6. The number of rotatable bonds is 4. The van der Waals surface area contributed by atoms with E-state index in [4.69, 9.17) is 9.47 Å². The van der Waals surface area contributed by atoms with Crippen molar-refractivity contribution in [2.45, 2.75) is 38.6 Å². The number of ether oxygens (including phenoxy) is 2. The molecule has 0 saturated carbocycles. The van der Waals surface area contributed by atoms with Crippen molar-refractivity contribution in [3.05, 3.63) is 47.0 Å². The van der Waals surface area contributed by atoms with Crippen LogP contribution in [0.15, 0.2) is 30.3 Å². The molecule has 0 aliphatic carbocycles.